The quantitative estimate of drug-likeness (QED) is 0.854. The maximum Gasteiger partial charge on any atom is 0.111 e. The lowest BCUT2D eigenvalue weighted by atomic mass is 10.2. The minimum absolute atomic E-state index is 0.413. The molecule has 0 spiro atoms. The number of nitrogen functional groups attached to an aromatic ring is 1. The first-order valence-corrected chi connectivity index (χ1v) is 5.38. The van der Waals surface area contributed by atoms with Crippen molar-refractivity contribution in [2.75, 3.05) is 5.73 Å². The van der Waals surface area contributed by atoms with Crippen LogP contribution in [0.15, 0.2) is 30.7 Å². The van der Waals surface area contributed by atoms with E-state index in [0.717, 1.165) is 23.8 Å². The van der Waals surface area contributed by atoms with E-state index in [2.05, 4.69) is 28.4 Å². The normalized spacial score (nSPS) is 10.9. The highest BCUT2D eigenvalue weighted by Gasteiger charge is 2.07. The number of nitrogens with two attached hydrogens (primary N) is 1. The van der Waals surface area contributed by atoms with E-state index in [1.165, 1.54) is 0 Å². The Morgan fingerprint density at radius 2 is 2.12 bits per heavy atom. The second-order valence-electron chi connectivity index (χ2n) is 4.15. The van der Waals surface area contributed by atoms with Crippen molar-refractivity contribution in [2.24, 2.45) is 0 Å². The largest absolute Gasteiger partial charge is 0.399 e. The van der Waals surface area contributed by atoms with Gasteiger partial charge in [0.05, 0.1) is 12.2 Å². The highest BCUT2D eigenvalue weighted by molar-refractivity contribution is 5.37. The summed E-state index contributed by atoms with van der Waals surface area (Å²) in [6.45, 7) is 4.98. The first-order chi connectivity index (χ1) is 7.66. The van der Waals surface area contributed by atoms with Crippen molar-refractivity contribution >= 4 is 5.69 Å². The summed E-state index contributed by atoms with van der Waals surface area (Å²) in [5, 5.41) is 0. The van der Waals surface area contributed by atoms with E-state index in [1.54, 1.807) is 12.3 Å². The third kappa shape index (κ3) is 2.21. The molecule has 2 N–H and O–H groups in total. The van der Waals surface area contributed by atoms with Gasteiger partial charge in [-0.05, 0) is 12.1 Å². The highest BCUT2D eigenvalue weighted by Crippen LogP contribution is 2.13. The van der Waals surface area contributed by atoms with Crippen LogP contribution < -0.4 is 5.73 Å². The van der Waals surface area contributed by atoms with Gasteiger partial charge in [-0.2, -0.15) is 0 Å². The van der Waals surface area contributed by atoms with Crippen LogP contribution >= 0.6 is 0 Å². The van der Waals surface area contributed by atoms with E-state index in [-0.39, 0.29) is 0 Å². The molecule has 2 aromatic rings. The zero-order chi connectivity index (χ0) is 11.5. The fourth-order valence-corrected chi connectivity index (χ4v) is 1.71. The Labute approximate surface area is 95.1 Å². The molecule has 0 amide bonds. The van der Waals surface area contributed by atoms with Gasteiger partial charge in [-0.1, -0.05) is 13.8 Å². The van der Waals surface area contributed by atoms with Crippen LogP contribution in [0, 0.1) is 0 Å². The van der Waals surface area contributed by atoms with Gasteiger partial charge in [0.1, 0.15) is 5.82 Å². The molecule has 0 atom stereocenters. The maximum atomic E-state index is 5.72. The molecule has 2 aromatic heterocycles. The number of anilines is 1. The Kier molecular flexibility index (Phi) is 2.90. The molecule has 0 bridgehead atoms. The van der Waals surface area contributed by atoms with Crippen molar-refractivity contribution in [3.05, 3.63) is 42.2 Å². The van der Waals surface area contributed by atoms with E-state index in [4.69, 9.17) is 5.73 Å². The molecule has 4 nitrogen and oxygen atoms in total. The highest BCUT2D eigenvalue weighted by atomic mass is 15.1. The molecule has 0 radical (unpaired) electrons. The fraction of sp³-hybridized carbons (Fsp3) is 0.333. The van der Waals surface area contributed by atoms with Gasteiger partial charge in [-0.3, -0.25) is 4.98 Å². The molecule has 2 heterocycles. The van der Waals surface area contributed by atoms with Gasteiger partial charge in [0.25, 0.3) is 0 Å². The third-order valence-electron chi connectivity index (χ3n) is 2.44. The maximum absolute atomic E-state index is 5.72. The number of hydrogen-bond acceptors (Lipinski definition) is 3. The van der Waals surface area contributed by atoms with Gasteiger partial charge in [0.15, 0.2) is 0 Å². The van der Waals surface area contributed by atoms with Crippen molar-refractivity contribution in [2.45, 2.75) is 26.3 Å². The van der Waals surface area contributed by atoms with Crippen molar-refractivity contribution in [3.63, 3.8) is 0 Å². The number of aromatic nitrogens is 3. The lowest BCUT2D eigenvalue weighted by molar-refractivity contribution is 0.661. The summed E-state index contributed by atoms with van der Waals surface area (Å²) in [4.78, 5) is 8.62. The van der Waals surface area contributed by atoms with Crippen molar-refractivity contribution in [1.82, 2.24) is 14.5 Å². The summed E-state index contributed by atoms with van der Waals surface area (Å²) in [5.74, 6) is 1.49. The van der Waals surface area contributed by atoms with Crippen LogP contribution in [0.4, 0.5) is 5.69 Å². The smallest absolute Gasteiger partial charge is 0.111 e. The Morgan fingerprint density at radius 1 is 1.31 bits per heavy atom. The van der Waals surface area contributed by atoms with E-state index in [1.807, 2.05) is 18.5 Å². The zero-order valence-corrected chi connectivity index (χ0v) is 9.59. The molecule has 16 heavy (non-hydrogen) atoms. The number of pyridine rings is 1. The topological polar surface area (TPSA) is 56.7 Å². The summed E-state index contributed by atoms with van der Waals surface area (Å²) in [5.41, 5.74) is 7.43. The zero-order valence-electron chi connectivity index (χ0n) is 9.59. The molecule has 0 aliphatic rings. The molecule has 4 heteroatoms. The summed E-state index contributed by atoms with van der Waals surface area (Å²) in [6.07, 6.45) is 5.53. The van der Waals surface area contributed by atoms with Crippen LogP contribution in [0.1, 0.15) is 31.3 Å². The average molecular weight is 216 g/mol. The molecule has 0 fully saturated rings. The molecule has 84 valence electrons. The molecular formula is C12H16N4. The Balaban J connectivity index is 2.24. The Hall–Kier alpha value is -1.84. The molecule has 2 rings (SSSR count). The van der Waals surface area contributed by atoms with Gasteiger partial charge in [-0.25, -0.2) is 4.98 Å². The summed E-state index contributed by atoms with van der Waals surface area (Å²) >= 11 is 0. The van der Waals surface area contributed by atoms with E-state index < -0.39 is 0 Å². The minimum atomic E-state index is 0.413. The van der Waals surface area contributed by atoms with Crippen LogP contribution in [0.3, 0.4) is 0 Å². The van der Waals surface area contributed by atoms with Crippen LogP contribution in [0.25, 0.3) is 0 Å². The number of rotatable bonds is 3. The van der Waals surface area contributed by atoms with Gasteiger partial charge >= 0.3 is 0 Å². The second kappa shape index (κ2) is 4.35. The monoisotopic (exact) mass is 216 g/mol. The van der Waals surface area contributed by atoms with Crippen LogP contribution in [-0.4, -0.2) is 14.5 Å². The molecule has 0 unspecified atom stereocenters. The van der Waals surface area contributed by atoms with E-state index in [9.17, 15) is 0 Å². The lowest BCUT2D eigenvalue weighted by Gasteiger charge is -2.09. The Morgan fingerprint density at radius 3 is 2.81 bits per heavy atom. The molecule has 0 saturated heterocycles. The van der Waals surface area contributed by atoms with Crippen molar-refractivity contribution in [1.29, 1.82) is 0 Å². The SMILES string of the molecule is CC(C)c1nccn1Cc1cc(N)ccn1. The minimum Gasteiger partial charge on any atom is -0.399 e. The van der Waals surface area contributed by atoms with E-state index >= 15 is 0 Å². The van der Waals surface area contributed by atoms with Gasteiger partial charge in [0.2, 0.25) is 0 Å². The van der Waals surface area contributed by atoms with E-state index in [0.29, 0.717) is 5.92 Å². The van der Waals surface area contributed by atoms with Gasteiger partial charge in [0, 0.05) is 30.2 Å². The van der Waals surface area contributed by atoms with Gasteiger partial charge in [-0.15, -0.1) is 0 Å². The van der Waals surface area contributed by atoms with Crippen molar-refractivity contribution < 1.29 is 0 Å². The fourth-order valence-electron chi connectivity index (χ4n) is 1.71. The average Bonchev–Trinajstić information content (AvgIpc) is 2.66. The number of imidazole rings is 1. The molecule has 0 saturated carbocycles. The van der Waals surface area contributed by atoms with Gasteiger partial charge < -0.3 is 10.3 Å². The first kappa shape index (κ1) is 10.7. The van der Waals surface area contributed by atoms with Crippen molar-refractivity contribution in [3.8, 4) is 0 Å². The van der Waals surface area contributed by atoms with Crippen LogP contribution in [-0.2, 0) is 6.54 Å². The predicted octanol–water partition coefficient (Wildman–Crippen LogP) is 2.03. The summed E-state index contributed by atoms with van der Waals surface area (Å²) in [6, 6.07) is 3.69. The summed E-state index contributed by atoms with van der Waals surface area (Å²) in [7, 11) is 0. The third-order valence-corrected chi connectivity index (χ3v) is 2.44. The molecule has 0 aromatic carbocycles. The second-order valence-corrected chi connectivity index (χ2v) is 4.15. The molecule has 0 aliphatic heterocycles. The first-order valence-electron chi connectivity index (χ1n) is 5.38. The number of nitrogens with zero attached hydrogens (tertiary/aromatic N) is 3. The standard InChI is InChI=1S/C12H16N4/c1-9(2)12-15-5-6-16(12)8-11-7-10(13)3-4-14-11/h3-7,9H,8H2,1-2H3,(H2,13,14). The summed E-state index contributed by atoms with van der Waals surface area (Å²) < 4.78 is 2.10. The molecule has 0 aliphatic carbocycles. The van der Waals surface area contributed by atoms with Crippen LogP contribution in [0.2, 0.25) is 0 Å². The predicted molar refractivity (Wildman–Crippen MR) is 64.1 cm³/mol. The molecular weight excluding hydrogens is 200 g/mol. The van der Waals surface area contributed by atoms with Crippen LogP contribution in [0.5, 0.6) is 0 Å². The Bertz CT molecular complexity index is 473. The number of hydrogen-bond donors (Lipinski definition) is 1. The lowest BCUT2D eigenvalue weighted by Crippen LogP contribution is -2.07.